The number of allylic oxidation sites excluding steroid dienone is 9. The maximum absolute atomic E-state index is 12.7. The number of aliphatic hydroxyl groups excluding tert-OH is 1. The van der Waals surface area contributed by atoms with Gasteiger partial charge in [0, 0.05) is 30.3 Å². The summed E-state index contributed by atoms with van der Waals surface area (Å²) in [7, 11) is 0. The summed E-state index contributed by atoms with van der Waals surface area (Å²) in [5.74, 6) is 1.36. The number of pyridine rings is 2. The molecule has 42 heavy (non-hydrogen) atoms. The number of fused-ring (bicyclic) bond motifs is 3. The lowest BCUT2D eigenvalue weighted by Crippen LogP contribution is -2.23. The molecule has 0 bridgehead atoms. The van der Waals surface area contributed by atoms with E-state index in [0.717, 1.165) is 23.3 Å². The van der Waals surface area contributed by atoms with E-state index in [9.17, 15) is 9.90 Å². The van der Waals surface area contributed by atoms with Crippen molar-refractivity contribution in [2.75, 3.05) is 10.6 Å². The second-order valence-electron chi connectivity index (χ2n) is 11.6. The van der Waals surface area contributed by atoms with Crippen molar-refractivity contribution in [1.82, 2.24) is 9.97 Å². The Morgan fingerprint density at radius 2 is 2.14 bits per heavy atom. The highest BCUT2D eigenvalue weighted by atomic mass is 16.3. The SMILES string of the molecule is C=CC=N/C(=C1/C=CC(C2=Cc3ncccc3C3=CC23)=CC1)C(O)Nc1cc(NC(=O)CC2CCC[C@@H]2C)cnc1C. The van der Waals surface area contributed by atoms with Gasteiger partial charge in [0.15, 0.2) is 6.23 Å². The maximum atomic E-state index is 12.7. The molecule has 4 aliphatic rings. The van der Waals surface area contributed by atoms with Gasteiger partial charge in [-0.1, -0.05) is 62.8 Å². The second-order valence-corrected chi connectivity index (χ2v) is 11.6. The Morgan fingerprint density at radius 1 is 1.26 bits per heavy atom. The predicted molar refractivity (Wildman–Crippen MR) is 170 cm³/mol. The second kappa shape index (κ2) is 11.9. The van der Waals surface area contributed by atoms with Crippen LogP contribution in [-0.2, 0) is 4.79 Å². The molecule has 4 atom stereocenters. The number of amides is 1. The van der Waals surface area contributed by atoms with E-state index in [0.29, 0.717) is 53.4 Å². The molecule has 2 aromatic heterocycles. The molecule has 0 aromatic carbocycles. The van der Waals surface area contributed by atoms with Gasteiger partial charge in [-0.2, -0.15) is 0 Å². The molecule has 7 nitrogen and oxygen atoms in total. The van der Waals surface area contributed by atoms with Crippen molar-refractivity contribution in [1.29, 1.82) is 0 Å². The Balaban J connectivity index is 1.17. The summed E-state index contributed by atoms with van der Waals surface area (Å²) in [4.78, 5) is 26.3. The van der Waals surface area contributed by atoms with Gasteiger partial charge in [0.1, 0.15) is 0 Å². The zero-order chi connectivity index (χ0) is 29.2. The number of anilines is 2. The van der Waals surface area contributed by atoms with Crippen molar-refractivity contribution < 1.29 is 9.90 Å². The quantitative estimate of drug-likeness (QED) is 0.232. The van der Waals surface area contributed by atoms with Crippen LogP contribution in [-0.4, -0.2) is 33.4 Å². The third kappa shape index (κ3) is 5.83. The molecule has 3 N–H and O–H groups in total. The van der Waals surface area contributed by atoms with E-state index in [2.05, 4.69) is 69.5 Å². The van der Waals surface area contributed by atoms with Crippen LogP contribution in [0.1, 0.15) is 56.0 Å². The number of nitrogens with zero attached hydrogens (tertiary/aromatic N) is 3. The van der Waals surface area contributed by atoms with Gasteiger partial charge < -0.3 is 15.7 Å². The number of aromatic nitrogens is 2. The summed E-state index contributed by atoms with van der Waals surface area (Å²) >= 11 is 0. The smallest absolute Gasteiger partial charge is 0.224 e. The van der Waals surface area contributed by atoms with E-state index in [4.69, 9.17) is 0 Å². The molecular formula is C35H37N5O2. The van der Waals surface area contributed by atoms with Crippen LogP contribution in [0.4, 0.5) is 11.4 Å². The number of aryl methyl sites for hydroxylation is 1. The number of carbonyl (C=O) groups excluding carboxylic acids is 1. The van der Waals surface area contributed by atoms with Crippen LogP contribution < -0.4 is 10.6 Å². The van der Waals surface area contributed by atoms with Crippen LogP contribution in [0.15, 0.2) is 95.0 Å². The summed E-state index contributed by atoms with van der Waals surface area (Å²) in [5.41, 5.74) is 9.33. The topological polar surface area (TPSA) is 99.5 Å². The first-order chi connectivity index (χ1) is 20.4. The van der Waals surface area contributed by atoms with Gasteiger partial charge >= 0.3 is 0 Å². The fourth-order valence-corrected chi connectivity index (χ4v) is 6.27. The van der Waals surface area contributed by atoms with Crippen LogP contribution in [0.5, 0.6) is 0 Å². The molecule has 1 saturated carbocycles. The predicted octanol–water partition coefficient (Wildman–Crippen LogP) is 6.79. The molecule has 1 amide bonds. The molecule has 0 radical (unpaired) electrons. The average molecular weight is 560 g/mol. The molecule has 2 heterocycles. The Hall–Kier alpha value is -4.36. The summed E-state index contributed by atoms with van der Waals surface area (Å²) in [6.45, 7) is 7.84. The minimum atomic E-state index is -1.09. The Labute approximate surface area is 247 Å². The van der Waals surface area contributed by atoms with E-state index in [1.165, 1.54) is 29.6 Å². The lowest BCUT2D eigenvalue weighted by molar-refractivity contribution is -0.117. The molecule has 0 saturated heterocycles. The number of aliphatic hydroxyl groups is 1. The van der Waals surface area contributed by atoms with E-state index < -0.39 is 6.23 Å². The van der Waals surface area contributed by atoms with Gasteiger partial charge in [0.05, 0.1) is 34.7 Å². The van der Waals surface area contributed by atoms with Crippen molar-refractivity contribution in [2.45, 2.75) is 52.2 Å². The van der Waals surface area contributed by atoms with E-state index in [-0.39, 0.29) is 5.91 Å². The molecular weight excluding hydrogens is 522 g/mol. The first-order valence-corrected chi connectivity index (χ1v) is 14.8. The molecule has 7 heteroatoms. The standard InChI is InChI=1S/C35H37N5O2/c1-4-14-37-34(24-12-10-23(11-13-24)28-19-32-27(9-6-15-36-32)29-18-30(28)29)35(42)40-31-17-26(20-38-22(31)3)39-33(41)16-25-8-5-7-21(25)2/h4,6,9-12,14-15,17-21,25,30,35,40,42H,1,5,7-8,13,16H2,2-3H3,(H,39,41)/b34-24-,37-14?/t21-,25?,30?,35?/m0/s1. The molecule has 3 unspecified atom stereocenters. The van der Waals surface area contributed by atoms with Crippen LogP contribution in [0, 0.1) is 24.7 Å². The Kier molecular flexibility index (Phi) is 7.85. The first kappa shape index (κ1) is 27.8. The number of rotatable bonds is 9. The third-order valence-electron chi connectivity index (χ3n) is 8.74. The Bertz CT molecular complexity index is 1610. The summed E-state index contributed by atoms with van der Waals surface area (Å²) < 4.78 is 0. The minimum Gasteiger partial charge on any atom is -0.368 e. The van der Waals surface area contributed by atoms with Gasteiger partial charge in [-0.05, 0) is 72.1 Å². The molecule has 0 spiro atoms. The summed E-state index contributed by atoms with van der Waals surface area (Å²) in [6, 6.07) is 5.93. The van der Waals surface area contributed by atoms with Crippen molar-refractivity contribution in [2.24, 2.45) is 22.7 Å². The maximum Gasteiger partial charge on any atom is 0.224 e. The highest BCUT2D eigenvalue weighted by molar-refractivity contribution is 5.94. The molecule has 2 aromatic rings. The van der Waals surface area contributed by atoms with Gasteiger partial charge in [-0.25, -0.2) is 0 Å². The molecule has 4 aliphatic carbocycles. The Morgan fingerprint density at radius 3 is 2.90 bits per heavy atom. The molecule has 6 rings (SSSR count). The van der Waals surface area contributed by atoms with Gasteiger partial charge in [0.25, 0.3) is 0 Å². The van der Waals surface area contributed by atoms with Gasteiger partial charge in [0.2, 0.25) is 5.91 Å². The average Bonchev–Trinajstić information content (AvgIpc) is 3.71. The zero-order valence-corrected chi connectivity index (χ0v) is 24.2. The highest BCUT2D eigenvalue weighted by Crippen LogP contribution is 2.51. The van der Waals surface area contributed by atoms with Crippen LogP contribution in [0.3, 0.4) is 0 Å². The molecule has 214 valence electrons. The fraction of sp³-hybridized carbons (Fsp3) is 0.314. The highest BCUT2D eigenvalue weighted by Gasteiger charge is 2.36. The van der Waals surface area contributed by atoms with Crippen LogP contribution in [0.2, 0.25) is 0 Å². The zero-order valence-electron chi connectivity index (χ0n) is 24.2. The first-order valence-electron chi connectivity index (χ1n) is 14.8. The fourth-order valence-electron chi connectivity index (χ4n) is 6.27. The van der Waals surface area contributed by atoms with Crippen molar-refractivity contribution in [3.63, 3.8) is 0 Å². The van der Waals surface area contributed by atoms with E-state index >= 15 is 0 Å². The largest absolute Gasteiger partial charge is 0.368 e. The number of nitrogens with one attached hydrogen (secondary N) is 2. The lowest BCUT2D eigenvalue weighted by Gasteiger charge is -2.22. The summed E-state index contributed by atoms with van der Waals surface area (Å²) in [5, 5.41) is 17.5. The monoisotopic (exact) mass is 559 g/mol. The number of carbonyl (C=O) groups is 1. The minimum absolute atomic E-state index is 0.0000872. The van der Waals surface area contributed by atoms with Crippen LogP contribution >= 0.6 is 0 Å². The molecule has 1 fully saturated rings. The number of hydrogen-bond acceptors (Lipinski definition) is 6. The van der Waals surface area contributed by atoms with Gasteiger partial charge in [-0.15, -0.1) is 0 Å². The van der Waals surface area contributed by atoms with Crippen molar-refractivity contribution >= 4 is 35.1 Å². The van der Waals surface area contributed by atoms with E-state index in [1.54, 1.807) is 18.5 Å². The number of aliphatic imine (C=N–C) groups is 1. The third-order valence-corrected chi connectivity index (χ3v) is 8.74. The molecule has 0 aliphatic heterocycles. The van der Waals surface area contributed by atoms with E-state index in [1.807, 2.05) is 31.3 Å². The summed E-state index contributed by atoms with van der Waals surface area (Å²) in [6.07, 6.45) is 21.0. The van der Waals surface area contributed by atoms with Crippen molar-refractivity contribution in [3.05, 3.63) is 107 Å². The van der Waals surface area contributed by atoms with Crippen molar-refractivity contribution in [3.8, 4) is 0 Å². The van der Waals surface area contributed by atoms with Crippen LogP contribution in [0.25, 0.3) is 11.6 Å². The number of hydrogen-bond donors (Lipinski definition) is 3. The van der Waals surface area contributed by atoms with Gasteiger partial charge in [-0.3, -0.25) is 19.8 Å². The normalized spacial score (nSPS) is 24.2. The lowest BCUT2D eigenvalue weighted by atomic mass is 9.87.